The first-order valence-corrected chi connectivity index (χ1v) is 6.33. The maximum absolute atomic E-state index is 11.8. The number of rotatable bonds is 4. The third-order valence-corrected chi connectivity index (χ3v) is 3.85. The fraction of sp³-hybridized carbons (Fsp3) is 0.364. The van der Waals surface area contributed by atoms with E-state index in [0.717, 1.165) is 10.9 Å². The summed E-state index contributed by atoms with van der Waals surface area (Å²) in [6.07, 6.45) is 6.64. The Kier molecular flexibility index (Phi) is 4.86. The van der Waals surface area contributed by atoms with Crippen LogP contribution in [0.15, 0.2) is 15.9 Å². The summed E-state index contributed by atoms with van der Waals surface area (Å²) >= 11 is 4.74. The molecule has 1 N–H and O–H groups in total. The van der Waals surface area contributed by atoms with Crippen LogP contribution in [-0.2, 0) is 0 Å². The predicted molar refractivity (Wildman–Crippen MR) is 67.0 cm³/mol. The number of carbonyl (C=O) groups excluding carboxylic acids is 1. The average molecular weight is 286 g/mol. The average Bonchev–Trinajstić information content (AvgIpc) is 2.63. The lowest BCUT2D eigenvalue weighted by atomic mass is 10.1. The topological polar surface area (TPSA) is 29.1 Å². The van der Waals surface area contributed by atoms with Crippen LogP contribution in [0.4, 0.5) is 0 Å². The molecule has 1 heterocycles. The number of thiophene rings is 1. The maximum Gasteiger partial charge on any atom is 0.262 e. The SMILES string of the molecule is C#CCC(CC)NC(=O)c1sccc1Br. The van der Waals surface area contributed by atoms with Crippen molar-refractivity contribution in [3.63, 3.8) is 0 Å². The van der Waals surface area contributed by atoms with Crippen LogP contribution in [-0.4, -0.2) is 11.9 Å². The molecule has 1 rings (SSSR count). The third kappa shape index (κ3) is 3.37. The van der Waals surface area contributed by atoms with Crippen LogP contribution in [0.3, 0.4) is 0 Å². The van der Waals surface area contributed by atoms with Gasteiger partial charge in [-0.05, 0) is 33.8 Å². The Morgan fingerprint density at radius 2 is 2.53 bits per heavy atom. The van der Waals surface area contributed by atoms with Crippen molar-refractivity contribution in [2.45, 2.75) is 25.8 Å². The van der Waals surface area contributed by atoms with E-state index in [1.807, 2.05) is 18.4 Å². The third-order valence-electron chi connectivity index (χ3n) is 2.02. The van der Waals surface area contributed by atoms with Gasteiger partial charge in [0.2, 0.25) is 0 Å². The molecule has 0 saturated carbocycles. The van der Waals surface area contributed by atoms with Gasteiger partial charge in [0, 0.05) is 16.9 Å². The van der Waals surface area contributed by atoms with Gasteiger partial charge in [-0.25, -0.2) is 0 Å². The van der Waals surface area contributed by atoms with Crippen molar-refractivity contribution >= 4 is 33.2 Å². The number of amides is 1. The van der Waals surface area contributed by atoms with E-state index in [0.29, 0.717) is 11.3 Å². The van der Waals surface area contributed by atoms with Gasteiger partial charge in [-0.1, -0.05) is 6.92 Å². The molecule has 0 aliphatic carbocycles. The summed E-state index contributed by atoms with van der Waals surface area (Å²) in [4.78, 5) is 12.5. The van der Waals surface area contributed by atoms with Gasteiger partial charge >= 0.3 is 0 Å². The van der Waals surface area contributed by atoms with Crippen molar-refractivity contribution in [3.05, 3.63) is 20.8 Å². The van der Waals surface area contributed by atoms with Gasteiger partial charge < -0.3 is 5.32 Å². The zero-order valence-electron chi connectivity index (χ0n) is 8.42. The minimum Gasteiger partial charge on any atom is -0.348 e. The summed E-state index contributed by atoms with van der Waals surface area (Å²) < 4.78 is 0.834. The van der Waals surface area contributed by atoms with Crippen molar-refractivity contribution in [1.29, 1.82) is 0 Å². The molecule has 0 fully saturated rings. The fourth-order valence-electron chi connectivity index (χ4n) is 1.15. The molecule has 0 aliphatic rings. The first-order chi connectivity index (χ1) is 7.19. The van der Waals surface area contributed by atoms with Crippen LogP contribution in [0.25, 0.3) is 0 Å². The molecule has 15 heavy (non-hydrogen) atoms. The molecule has 4 heteroatoms. The second-order valence-corrected chi connectivity index (χ2v) is 4.85. The smallest absolute Gasteiger partial charge is 0.262 e. The van der Waals surface area contributed by atoms with Crippen LogP contribution < -0.4 is 5.32 Å². The van der Waals surface area contributed by atoms with E-state index < -0.39 is 0 Å². The summed E-state index contributed by atoms with van der Waals surface area (Å²) in [6, 6.07) is 1.93. The van der Waals surface area contributed by atoms with Gasteiger partial charge in [-0.15, -0.1) is 23.7 Å². The molecule has 0 radical (unpaired) electrons. The highest BCUT2D eigenvalue weighted by Crippen LogP contribution is 2.22. The van der Waals surface area contributed by atoms with Gasteiger partial charge in [-0.2, -0.15) is 0 Å². The normalized spacial score (nSPS) is 11.8. The number of terminal acetylenes is 1. The number of hydrogen-bond acceptors (Lipinski definition) is 2. The van der Waals surface area contributed by atoms with Crippen LogP contribution in [0, 0.1) is 12.3 Å². The molecule has 1 unspecified atom stereocenters. The van der Waals surface area contributed by atoms with E-state index in [2.05, 4.69) is 27.2 Å². The molecule has 0 aromatic carbocycles. The van der Waals surface area contributed by atoms with Crippen LogP contribution >= 0.6 is 27.3 Å². The Bertz CT molecular complexity index is 380. The maximum atomic E-state index is 11.8. The molecule has 80 valence electrons. The Morgan fingerprint density at radius 1 is 1.80 bits per heavy atom. The van der Waals surface area contributed by atoms with Crippen molar-refractivity contribution in [2.75, 3.05) is 0 Å². The molecule has 0 bridgehead atoms. The van der Waals surface area contributed by atoms with E-state index in [1.165, 1.54) is 11.3 Å². The summed E-state index contributed by atoms with van der Waals surface area (Å²) in [5.74, 6) is 2.50. The zero-order chi connectivity index (χ0) is 11.3. The van der Waals surface area contributed by atoms with E-state index in [4.69, 9.17) is 6.42 Å². The number of nitrogens with one attached hydrogen (secondary N) is 1. The summed E-state index contributed by atoms with van der Waals surface area (Å²) in [7, 11) is 0. The minimum atomic E-state index is -0.0565. The zero-order valence-corrected chi connectivity index (χ0v) is 10.8. The fourth-order valence-corrected chi connectivity index (χ4v) is 2.60. The molecule has 1 atom stereocenters. The molecule has 2 nitrogen and oxygen atoms in total. The highest BCUT2D eigenvalue weighted by molar-refractivity contribution is 9.10. The Labute approximate surface area is 102 Å². The molecular formula is C11H12BrNOS. The van der Waals surface area contributed by atoms with Crippen molar-refractivity contribution in [3.8, 4) is 12.3 Å². The second kappa shape index (κ2) is 5.94. The number of hydrogen-bond donors (Lipinski definition) is 1. The standard InChI is InChI=1S/C11H12BrNOS/c1-3-5-8(4-2)13-11(14)10-9(12)6-7-15-10/h1,6-8H,4-5H2,2H3,(H,13,14). The summed E-state index contributed by atoms with van der Waals surface area (Å²) in [5.41, 5.74) is 0. The molecule has 1 aromatic rings. The minimum absolute atomic E-state index is 0.0565. The van der Waals surface area contributed by atoms with E-state index in [1.54, 1.807) is 0 Å². The van der Waals surface area contributed by atoms with Gasteiger partial charge in [0.25, 0.3) is 5.91 Å². The highest BCUT2D eigenvalue weighted by atomic mass is 79.9. The molecule has 1 amide bonds. The first kappa shape index (κ1) is 12.3. The summed E-state index contributed by atoms with van der Waals surface area (Å²) in [5, 5.41) is 4.79. The molecule has 1 aromatic heterocycles. The molecule has 0 saturated heterocycles. The van der Waals surface area contributed by atoms with Gasteiger partial charge in [-0.3, -0.25) is 4.79 Å². The lowest BCUT2D eigenvalue weighted by molar-refractivity contribution is 0.0940. The number of carbonyl (C=O) groups is 1. The Balaban J connectivity index is 2.63. The second-order valence-electron chi connectivity index (χ2n) is 3.08. The Morgan fingerprint density at radius 3 is 3.00 bits per heavy atom. The van der Waals surface area contributed by atoms with Gasteiger partial charge in [0.05, 0.1) is 0 Å². The van der Waals surface area contributed by atoms with Crippen molar-refractivity contribution in [2.24, 2.45) is 0 Å². The largest absolute Gasteiger partial charge is 0.348 e. The first-order valence-electron chi connectivity index (χ1n) is 4.66. The molecule has 0 spiro atoms. The van der Waals surface area contributed by atoms with E-state index >= 15 is 0 Å². The molecule has 0 aliphatic heterocycles. The van der Waals surface area contributed by atoms with Gasteiger partial charge in [0.15, 0.2) is 0 Å². The van der Waals surface area contributed by atoms with Crippen LogP contribution in [0.1, 0.15) is 29.4 Å². The Hall–Kier alpha value is -0.790. The lowest BCUT2D eigenvalue weighted by Crippen LogP contribution is -2.33. The van der Waals surface area contributed by atoms with Crippen LogP contribution in [0.2, 0.25) is 0 Å². The van der Waals surface area contributed by atoms with Crippen LogP contribution in [0.5, 0.6) is 0 Å². The van der Waals surface area contributed by atoms with Crippen molar-refractivity contribution < 1.29 is 4.79 Å². The quantitative estimate of drug-likeness (QED) is 0.847. The number of halogens is 1. The van der Waals surface area contributed by atoms with Crippen molar-refractivity contribution in [1.82, 2.24) is 5.32 Å². The summed E-state index contributed by atoms with van der Waals surface area (Å²) in [6.45, 7) is 2.01. The lowest BCUT2D eigenvalue weighted by Gasteiger charge is -2.13. The molecular weight excluding hydrogens is 274 g/mol. The van der Waals surface area contributed by atoms with Gasteiger partial charge in [0.1, 0.15) is 4.88 Å². The monoisotopic (exact) mass is 285 g/mol. The van der Waals surface area contributed by atoms with E-state index in [9.17, 15) is 4.79 Å². The van der Waals surface area contributed by atoms with E-state index in [-0.39, 0.29) is 11.9 Å². The predicted octanol–water partition coefficient (Wildman–Crippen LogP) is 3.04. The highest BCUT2D eigenvalue weighted by Gasteiger charge is 2.14.